The van der Waals surface area contributed by atoms with Crippen molar-refractivity contribution in [3.63, 3.8) is 0 Å². The number of nitrogens with one attached hydrogen (secondary N) is 1. The SMILES string of the molecule is C=CCNCc1cc(N(C)C)c2c(c1O)C(=O)C1=C(O)[C@]3(O)C(=O)C(C(N)=O)=C(O)[C@@H](N(C)C)[C@@H]3C[C@@H]1C2. The van der Waals surface area contributed by atoms with E-state index in [0.717, 1.165) is 0 Å². The number of anilines is 1. The Morgan fingerprint density at radius 1 is 1.24 bits per heavy atom. The van der Waals surface area contributed by atoms with Gasteiger partial charge in [0, 0.05) is 49.9 Å². The average Bonchev–Trinajstić information content (AvgIpc) is 2.82. The van der Waals surface area contributed by atoms with Gasteiger partial charge in [-0.2, -0.15) is 0 Å². The van der Waals surface area contributed by atoms with Gasteiger partial charge in [0.05, 0.1) is 11.6 Å². The predicted molar refractivity (Wildman–Crippen MR) is 140 cm³/mol. The highest BCUT2D eigenvalue weighted by Crippen LogP contribution is 2.53. The fraction of sp³-hybridized carbons (Fsp3) is 0.444. The third kappa shape index (κ3) is 3.80. The maximum Gasteiger partial charge on any atom is 0.255 e. The van der Waals surface area contributed by atoms with Gasteiger partial charge in [0.15, 0.2) is 11.4 Å². The molecule has 0 radical (unpaired) electrons. The molecule has 3 aliphatic rings. The molecular formula is C27H34N4O7. The minimum absolute atomic E-state index is 0.00705. The monoisotopic (exact) mass is 526 g/mol. The van der Waals surface area contributed by atoms with Gasteiger partial charge in [0.25, 0.3) is 5.91 Å². The van der Waals surface area contributed by atoms with E-state index < -0.39 is 58.0 Å². The number of carbonyl (C=O) groups excluding carboxylic acids is 3. The molecule has 204 valence electrons. The van der Waals surface area contributed by atoms with E-state index in [1.807, 2.05) is 19.0 Å². The minimum atomic E-state index is -2.66. The van der Waals surface area contributed by atoms with Gasteiger partial charge in [0.2, 0.25) is 5.78 Å². The van der Waals surface area contributed by atoms with Crippen LogP contribution in [0.2, 0.25) is 0 Å². The lowest BCUT2D eigenvalue weighted by molar-refractivity contribution is -0.148. The fourth-order valence-corrected chi connectivity index (χ4v) is 6.20. The first-order valence-corrected chi connectivity index (χ1v) is 12.3. The maximum atomic E-state index is 13.9. The molecule has 0 aliphatic heterocycles. The summed E-state index contributed by atoms with van der Waals surface area (Å²) >= 11 is 0. The van der Waals surface area contributed by atoms with Gasteiger partial charge in [-0.15, -0.1) is 6.58 Å². The summed E-state index contributed by atoms with van der Waals surface area (Å²) in [6.07, 6.45) is 1.94. The van der Waals surface area contributed by atoms with Crippen molar-refractivity contribution in [2.45, 2.75) is 31.0 Å². The lowest BCUT2D eigenvalue weighted by atomic mass is 9.58. The molecule has 3 aliphatic carbocycles. The Morgan fingerprint density at radius 2 is 1.89 bits per heavy atom. The highest BCUT2D eigenvalue weighted by Gasteiger charge is 2.63. The molecule has 0 bridgehead atoms. The summed E-state index contributed by atoms with van der Waals surface area (Å²) in [6, 6.07) is 0.770. The molecule has 0 saturated carbocycles. The Hall–Kier alpha value is -3.67. The normalized spacial score (nSPS) is 26.7. The third-order valence-electron chi connectivity index (χ3n) is 7.86. The van der Waals surface area contributed by atoms with Crippen molar-refractivity contribution >= 4 is 23.2 Å². The summed E-state index contributed by atoms with van der Waals surface area (Å²) in [5, 5.41) is 48.2. The van der Waals surface area contributed by atoms with Crippen LogP contribution in [0, 0.1) is 11.8 Å². The number of carbonyl (C=O) groups is 3. The van der Waals surface area contributed by atoms with Crippen molar-refractivity contribution in [2.24, 2.45) is 17.6 Å². The number of nitrogens with two attached hydrogens (primary N) is 1. The van der Waals surface area contributed by atoms with Crippen LogP contribution in [0.25, 0.3) is 0 Å². The number of fused-ring (bicyclic) bond motifs is 3. The largest absolute Gasteiger partial charge is 0.510 e. The number of nitrogens with zero attached hydrogens (tertiary/aromatic N) is 2. The van der Waals surface area contributed by atoms with Crippen molar-refractivity contribution in [2.75, 3.05) is 39.6 Å². The molecule has 0 aromatic heterocycles. The van der Waals surface area contributed by atoms with Gasteiger partial charge < -0.3 is 36.4 Å². The fourth-order valence-electron chi connectivity index (χ4n) is 6.20. The smallest absolute Gasteiger partial charge is 0.255 e. The molecule has 1 aromatic carbocycles. The van der Waals surface area contributed by atoms with Crippen LogP contribution in [0.1, 0.15) is 27.9 Å². The van der Waals surface area contributed by atoms with Crippen LogP contribution < -0.4 is 16.0 Å². The van der Waals surface area contributed by atoms with Gasteiger partial charge in [-0.3, -0.25) is 19.3 Å². The number of phenols is 1. The first-order valence-electron chi connectivity index (χ1n) is 12.3. The Morgan fingerprint density at radius 3 is 2.45 bits per heavy atom. The van der Waals surface area contributed by atoms with E-state index in [1.165, 1.54) is 4.90 Å². The first-order chi connectivity index (χ1) is 17.8. The second kappa shape index (κ2) is 9.57. The quantitative estimate of drug-likeness (QED) is 0.166. The number of primary amides is 1. The van der Waals surface area contributed by atoms with Crippen LogP contribution in [0.3, 0.4) is 0 Å². The van der Waals surface area contributed by atoms with Crippen LogP contribution in [0.15, 0.2) is 41.4 Å². The highest BCUT2D eigenvalue weighted by atomic mass is 16.3. The van der Waals surface area contributed by atoms with E-state index in [0.29, 0.717) is 23.4 Å². The second-order valence-electron chi connectivity index (χ2n) is 10.5. The number of hydrogen-bond donors (Lipinski definition) is 6. The standard InChI is InChI=1S/C27H34N4O7/c1-6-7-29-11-13-10-16(30(2)3)14-8-12-9-15-20(31(4)5)23(34)19(26(28)37)25(36)27(15,38)24(35)17(12)22(33)18(14)21(13)32/h6,10,12,15,20,29,32,34-35,38H,1,7-9,11H2,2-5H3,(H2,28,37)/t12-,15-,20-,27-/m0/s1. The zero-order chi connectivity index (χ0) is 28.3. The number of aromatic hydroxyl groups is 1. The summed E-state index contributed by atoms with van der Waals surface area (Å²) in [4.78, 5) is 42.8. The molecular weight excluding hydrogens is 492 g/mol. The van der Waals surface area contributed by atoms with Crippen LogP contribution >= 0.6 is 0 Å². The number of phenolic OH excluding ortho intramolecular Hbond substituents is 1. The number of Topliss-reactive ketones (excluding diaryl/α,β-unsaturated/α-hetero) is 2. The summed E-state index contributed by atoms with van der Waals surface area (Å²) < 4.78 is 0. The summed E-state index contributed by atoms with van der Waals surface area (Å²) in [5.74, 6) is -6.62. The molecule has 0 unspecified atom stereocenters. The van der Waals surface area contributed by atoms with Crippen LogP contribution in [0.4, 0.5) is 5.69 Å². The van der Waals surface area contributed by atoms with Crippen molar-refractivity contribution in [3.05, 3.63) is 58.1 Å². The number of allylic oxidation sites excluding steroid dienone is 1. The van der Waals surface area contributed by atoms with Crippen LogP contribution in [-0.2, 0) is 22.6 Å². The third-order valence-corrected chi connectivity index (χ3v) is 7.86. The molecule has 7 N–H and O–H groups in total. The summed E-state index contributed by atoms with van der Waals surface area (Å²) in [6.45, 7) is 4.37. The number of benzene rings is 1. The molecule has 0 heterocycles. The van der Waals surface area contributed by atoms with Gasteiger partial charge in [-0.1, -0.05) is 6.08 Å². The molecule has 0 saturated heterocycles. The Labute approximate surface area is 220 Å². The molecule has 4 atom stereocenters. The van der Waals surface area contributed by atoms with Crippen molar-refractivity contribution < 1.29 is 34.8 Å². The summed E-state index contributed by atoms with van der Waals surface area (Å²) in [5.41, 5.74) is 3.45. The zero-order valence-corrected chi connectivity index (χ0v) is 21.9. The lowest BCUT2D eigenvalue weighted by Crippen LogP contribution is -2.63. The zero-order valence-electron chi connectivity index (χ0n) is 21.9. The second-order valence-corrected chi connectivity index (χ2v) is 10.5. The van der Waals surface area contributed by atoms with Crippen molar-refractivity contribution in [1.82, 2.24) is 10.2 Å². The van der Waals surface area contributed by atoms with E-state index in [4.69, 9.17) is 5.73 Å². The van der Waals surface area contributed by atoms with Crippen LogP contribution in [-0.4, -0.2) is 89.2 Å². The molecule has 0 spiro atoms. The van der Waals surface area contributed by atoms with Gasteiger partial charge in [0.1, 0.15) is 22.8 Å². The molecule has 1 amide bonds. The van der Waals surface area contributed by atoms with Gasteiger partial charge >= 0.3 is 0 Å². The number of ketones is 2. The molecule has 38 heavy (non-hydrogen) atoms. The predicted octanol–water partition coefficient (Wildman–Crippen LogP) is 0.462. The first kappa shape index (κ1) is 27.4. The highest BCUT2D eigenvalue weighted by molar-refractivity contribution is 6.24. The van der Waals surface area contributed by atoms with Crippen molar-refractivity contribution in [1.29, 1.82) is 0 Å². The van der Waals surface area contributed by atoms with Crippen molar-refractivity contribution in [3.8, 4) is 5.75 Å². The Bertz CT molecular complexity index is 1310. The topological polar surface area (TPSA) is 177 Å². The molecule has 11 nitrogen and oxygen atoms in total. The molecule has 1 aromatic rings. The number of aliphatic hydroxyl groups excluding tert-OH is 2. The van der Waals surface area contributed by atoms with Gasteiger partial charge in [-0.05, 0) is 44.5 Å². The van der Waals surface area contributed by atoms with Crippen LogP contribution in [0.5, 0.6) is 5.75 Å². The average molecular weight is 527 g/mol. The van der Waals surface area contributed by atoms with E-state index in [2.05, 4.69) is 11.9 Å². The number of amides is 1. The molecule has 11 heteroatoms. The Balaban J connectivity index is 1.94. The number of hydrogen-bond acceptors (Lipinski definition) is 10. The van der Waals surface area contributed by atoms with E-state index in [9.17, 15) is 34.8 Å². The molecule has 4 rings (SSSR count). The van der Waals surface area contributed by atoms with E-state index in [1.54, 1.807) is 26.2 Å². The Kier molecular flexibility index (Phi) is 6.89. The van der Waals surface area contributed by atoms with E-state index >= 15 is 0 Å². The number of rotatable bonds is 7. The maximum absolute atomic E-state index is 13.9. The van der Waals surface area contributed by atoms with Gasteiger partial charge in [-0.25, -0.2) is 0 Å². The molecule has 0 fully saturated rings. The lowest BCUT2D eigenvalue weighted by Gasteiger charge is -2.50. The number of aliphatic hydroxyl groups is 3. The van der Waals surface area contributed by atoms with E-state index in [-0.39, 0.29) is 36.3 Å². The number of likely N-dealkylation sites (N-methyl/N-ethyl adjacent to an activating group) is 1. The summed E-state index contributed by atoms with van der Waals surface area (Å²) in [7, 11) is 6.82. The minimum Gasteiger partial charge on any atom is -0.510 e.